The summed E-state index contributed by atoms with van der Waals surface area (Å²) < 4.78 is 4.66. The van der Waals surface area contributed by atoms with Gasteiger partial charge < -0.3 is 4.74 Å². The van der Waals surface area contributed by atoms with E-state index in [2.05, 4.69) is 10.1 Å². The van der Waals surface area contributed by atoms with Crippen molar-refractivity contribution in [2.45, 2.75) is 20.3 Å². The van der Waals surface area contributed by atoms with Crippen LogP contribution in [0.4, 0.5) is 16.2 Å². The van der Waals surface area contributed by atoms with Crippen molar-refractivity contribution in [1.82, 2.24) is 0 Å². The van der Waals surface area contributed by atoms with Gasteiger partial charge in [0.05, 0.1) is 11.5 Å². The summed E-state index contributed by atoms with van der Waals surface area (Å²) in [6, 6.07) is 4.68. The van der Waals surface area contributed by atoms with E-state index in [1.165, 1.54) is 12.1 Å². The Balaban J connectivity index is 2.98. The lowest BCUT2D eigenvalue weighted by Gasteiger charge is -2.06. The van der Waals surface area contributed by atoms with E-state index >= 15 is 0 Å². The van der Waals surface area contributed by atoms with Crippen LogP contribution >= 0.6 is 0 Å². The first-order valence-corrected chi connectivity index (χ1v) is 5.29. The molecule has 0 saturated carbocycles. The zero-order valence-corrected chi connectivity index (χ0v) is 9.73. The second-order valence-electron chi connectivity index (χ2n) is 3.31. The van der Waals surface area contributed by atoms with Gasteiger partial charge in [-0.3, -0.25) is 15.4 Å². The van der Waals surface area contributed by atoms with Crippen molar-refractivity contribution >= 4 is 17.5 Å². The predicted molar refractivity (Wildman–Crippen MR) is 63.1 cm³/mol. The summed E-state index contributed by atoms with van der Waals surface area (Å²) in [4.78, 5) is 21.5. The van der Waals surface area contributed by atoms with E-state index in [0.29, 0.717) is 6.42 Å². The summed E-state index contributed by atoms with van der Waals surface area (Å²) in [5.41, 5.74) is 0.856. The summed E-state index contributed by atoms with van der Waals surface area (Å²) >= 11 is 0. The monoisotopic (exact) mass is 238 g/mol. The van der Waals surface area contributed by atoms with Crippen LogP contribution in [0.15, 0.2) is 18.2 Å². The summed E-state index contributed by atoms with van der Waals surface area (Å²) in [5.74, 6) is 0. The third-order valence-corrected chi connectivity index (χ3v) is 2.18. The van der Waals surface area contributed by atoms with E-state index in [1.807, 2.05) is 6.92 Å². The fourth-order valence-corrected chi connectivity index (χ4v) is 1.33. The van der Waals surface area contributed by atoms with Crippen molar-refractivity contribution in [2.75, 3.05) is 11.9 Å². The topological polar surface area (TPSA) is 81.5 Å². The number of amides is 1. The number of nitro groups is 1. The minimum atomic E-state index is -0.695. The first-order valence-electron chi connectivity index (χ1n) is 5.29. The molecule has 0 heterocycles. The number of benzene rings is 1. The summed E-state index contributed by atoms with van der Waals surface area (Å²) in [7, 11) is 0. The first kappa shape index (κ1) is 13.0. The molecule has 1 N–H and O–H groups in total. The average molecular weight is 238 g/mol. The van der Waals surface area contributed by atoms with Crippen molar-refractivity contribution in [2.24, 2.45) is 0 Å². The number of hydrogen-bond acceptors (Lipinski definition) is 4. The molecule has 0 aliphatic heterocycles. The average Bonchev–Trinajstić information content (AvgIpc) is 2.29. The van der Waals surface area contributed by atoms with Crippen LogP contribution in [0.3, 0.4) is 0 Å². The van der Waals surface area contributed by atoms with Gasteiger partial charge in [-0.25, -0.2) is 4.79 Å². The van der Waals surface area contributed by atoms with Crippen LogP contribution in [0, 0.1) is 10.1 Å². The van der Waals surface area contributed by atoms with Crippen molar-refractivity contribution in [1.29, 1.82) is 0 Å². The molecule has 92 valence electrons. The second kappa shape index (κ2) is 5.83. The van der Waals surface area contributed by atoms with Crippen LogP contribution in [0.5, 0.6) is 0 Å². The molecule has 0 aliphatic rings. The number of nitrogens with one attached hydrogen (secondary N) is 1. The Morgan fingerprint density at radius 3 is 2.71 bits per heavy atom. The van der Waals surface area contributed by atoms with Crippen LogP contribution < -0.4 is 5.32 Å². The van der Waals surface area contributed by atoms with Gasteiger partial charge in [-0.15, -0.1) is 0 Å². The predicted octanol–water partition coefficient (Wildman–Crippen LogP) is 2.73. The van der Waals surface area contributed by atoms with Gasteiger partial charge in [0.2, 0.25) is 0 Å². The molecule has 0 aliphatic carbocycles. The lowest BCUT2D eigenvalue weighted by atomic mass is 10.1. The smallest absolute Gasteiger partial charge is 0.411 e. The van der Waals surface area contributed by atoms with Gasteiger partial charge in [0.1, 0.15) is 5.69 Å². The van der Waals surface area contributed by atoms with Gasteiger partial charge in [-0.05, 0) is 25.0 Å². The van der Waals surface area contributed by atoms with Crippen LogP contribution in [0.1, 0.15) is 19.4 Å². The molecule has 17 heavy (non-hydrogen) atoms. The third kappa shape index (κ3) is 3.44. The highest BCUT2D eigenvalue weighted by molar-refractivity contribution is 5.87. The maximum absolute atomic E-state index is 11.2. The highest BCUT2D eigenvalue weighted by Crippen LogP contribution is 2.25. The maximum Gasteiger partial charge on any atom is 0.411 e. The minimum absolute atomic E-state index is 0.127. The lowest BCUT2D eigenvalue weighted by Crippen LogP contribution is -2.14. The van der Waals surface area contributed by atoms with Gasteiger partial charge in [0.25, 0.3) is 5.69 Å². The van der Waals surface area contributed by atoms with Gasteiger partial charge in [0.15, 0.2) is 0 Å². The third-order valence-electron chi connectivity index (χ3n) is 2.18. The molecule has 0 unspecified atom stereocenters. The second-order valence-corrected chi connectivity index (χ2v) is 3.31. The zero-order chi connectivity index (χ0) is 12.8. The number of anilines is 1. The molecule has 0 bridgehead atoms. The number of carbonyl (C=O) groups is 1. The largest absolute Gasteiger partial charge is 0.450 e. The van der Waals surface area contributed by atoms with E-state index < -0.39 is 11.0 Å². The number of aryl methyl sites for hydroxylation is 1. The Hall–Kier alpha value is -2.11. The molecule has 0 spiro atoms. The standard InChI is InChI=1S/C11H14N2O4/c1-3-8-5-6-9(10(7-8)13(15)16)12-11(14)17-4-2/h5-7H,3-4H2,1-2H3,(H,12,14). The summed E-state index contributed by atoms with van der Waals surface area (Å²) in [6.45, 7) is 3.78. The van der Waals surface area contributed by atoms with E-state index in [1.54, 1.807) is 13.0 Å². The number of hydrogen-bond donors (Lipinski definition) is 1. The zero-order valence-electron chi connectivity index (χ0n) is 9.73. The SMILES string of the molecule is CCOC(=O)Nc1ccc(CC)cc1[N+](=O)[O-]. The van der Waals surface area contributed by atoms with Crippen molar-refractivity contribution < 1.29 is 14.5 Å². The Morgan fingerprint density at radius 1 is 1.47 bits per heavy atom. The highest BCUT2D eigenvalue weighted by Gasteiger charge is 2.16. The van der Waals surface area contributed by atoms with Crippen LogP contribution in [-0.2, 0) is 11.2 Å². The van der Waals surface area contributed by atoms with E-state index in [4.69, 9.17) is 0 Å². The number of rotatable bonds is 4. The molecule has 0 aromatic heterocycles. The molecule has 6 heteroatoms. The molecule has 0 fully saturated rings. The molecular weight excluding hydrogens is 224 g/mol. The fourth-order valence-electron chi connectivity index (χ4n) is 1.33. The summed E-state index contributed by atoms with van der Waals surface area (Å²) in [5, 5.41) is 13.2. The molecule has 1 aromatic rings. The normalized spacial score (nSPS) is 9.76. The van der Waals surface area contributed by atoms with Crippen LogP contribution in [-0.4, -0.2) is 17.6 Å². The van der Waals surface area contributed by atoms with Crippen LogP contribution in [0.25, 0.3) is 0 Å². The Morgan fingerprint density at radius 2 is 2.18 bits per heavy atom. The molecule has 1 aromatic carbocycles. The lowest BCUT2D eigenvalue weighted by molar-refractivity contribution is -0.384. The van der Waals surface area contributed by atoms with E-state index in [9.17, 15) is 14.9 Å². The van der Waals surface area contributed by atoms with Gasteiger partial charge in [0, 0.05) is 6.07 Å². The number of nitrogens with zero attached hydrogens (tertiary/aromatic N) is 1. The van der Waals surface area contributed by atoms with Crippen molar-refractivity contribution in [3.05, 3.63) is 33.9 Å². The number of ether oxygens (including phenoxy) is 1. The van der Waals surface area contributed by atoms with E-state index in [0.717, 1.165) is 5.56 Å². The Bertz CT molecular complexity index is 431. The Labute approximate surface area is 98.7 Å². The van der Waals surface area contributed by atoms with E-state index in [-0.39, 0.29) is 18.0 Å². The molecular formula is C11H14N2O4. The quantitative estimate of drug-likeness (QED) is 0.645. The summed E-state index contributed by atoms with van der Waals surface area (Å²) in [6.07, 6.45) is 0.000382. The fraction of sp³-hybridized carbons (Fsp3) is 0.364. The Kier molecular flexibility index (Phi) is 4.45. The van der Waals surface area contributed by atoms with Crippen LogP contribution in [0.2, 0.25) is 0 Å². The van der Waals surface area contributed by atoms with Crippen molar-refractivity contribution in [3.8, 4) is 0 Å². The number of carbonyl (C=O) groups excluding carboxylic acids is 1. The molecule has 0 atom stereocenters. The molecule has 1 rings (SSSR count). The molecule has 6 nitrogen and oxygen atoms in total. The molecule has 1 amide bonds. The molecule has 0 radical (unpaired) electrons. The number of nitro benzene ring substituents is 1. The first-order chi connectivity index (χ1) is 8.08. The minimum Gasteiger partial charge on any atom is -0.450 e. The molecule has 0 saturated heterocycles. The van der Waals surface area contributed by atoms with Crippen molar-refractivity contribution in [3.63, 3.8) is 0 Å². The van der Waals surface area contributed by atoms with Gasteiger partial charge in [-0.1, -0.05) is 13.0 Å². The highest BCUT2D eigenvalue weighted by atomic mass is 16.6. The van der Waals surface area contributed by atoms with Gasteiger partial charge in [-0.2, -0.15) is 0 Å². The van der Waals surface area contributed by atoms with Gasteiger partial charge >= 0.3 is 6.09 Å². The maximum atomic E-state index is 11.2.